The molecule has 5 nitrogen and oxygen atoms in total. The first-order valence-corrected chi connectivity index (χ1v) is 4.55. The van der Waals surface area contributed by atoms with Gasteiger partial charge in [-0.25, -0.2) is 0 Å². The van der Waals surface area contributed by atoms with Gasteiger partial charge in [0.15, 0.2) is 11.5 Å². The molecule has 0 fully saturated rings. The molecule has 0 N–H and O–H groups in total. The first-order chi connectivity index (χ1) is 7.54. The second-order valence-electron chi connectivity index (χ2n) is 3.13. The molecule has 0 atom stereocenters. The summed E-state index contributed by atoms with van der Waals surface area (Å²) in [5.74, 6) is 0.0865. The Hall–Kier alpha value is -2.17. The topological polar surface area (TPSA) is 69.4 Å². The van der Waals surface area contributed by atoms with E-state index in [1.54, 1.807) is 6.07 Å². The van der Waals surface area contributed by atoms with E-state index in [1.807, 2.05) is 0 Å². The van der Waals surface area contributed by atoms with E-state index in [4.69, 9.17) is 4.74 Å². The van der Waals surface area contributed by atoms with Crippen molar-refractivity contribution < 1.29 is 14.5 Å². The Morgan fingerprint density at radius 1 is 1.50 bits per heavy atom. The van der Waals surface area contributed by atoms with Crippen LogP contribution in [0.15, 0.2) is 24.3 Å². The molecule has 0 aromatic heterocycles. The van der Waals surface area contributed by atoms with Gasteiger partial charge in [-0.2, -0.15) is 0 Å². The molecule has 1 aromatic carbocycles. The van der Waals surface area contributed by atoms with Crippen molar-refractivity contribution in [1.82, 2.24) is 0 Å². The number of hydrogen-bond acceptors (Lipinski definition) is 4. The van der Waals surface area contributed by atoms with Gasteiger partial charge in [-0.15, -0.1) is 0 Å². The summed E-state index contributed by atoms with van der Waals surface area (Å²) in [6.07, 6.45) is 2.88. The third kappa shape index (κ3) is 2.91. The highest BCUT2D eigenvalue weighted by Crippen LogP contribution is 2.27. The van der Waals surface area contributed by atoms with Gasteiger partial charge in [0, 0.05) is 6.07 Å². The monoisotopic (exact) mass is 221 g/mol. The molecule has 0 saturated carbocycles. The van der Waals surface area contributed by atoms with E-state index in [0.717, 1.165) is 0 Å². The second-order valence-corrected chi connectivity index (χ2v) is 3.13. The van der Waals surface area contributed by atoms with E-state index in [2.05, 4.69) is 0 Å². The minimum Gasteiger partial charge on any atom is -0.490 e. The molecule has 0 heterocycles. The molecule has 5 heteroatoms. The van der Waals surface area contributed by atoms with Gasteiger partial charge in [-0.05, 0) is 24.6 Å². The fraction of sp³-hybridized carbons (Fsp3) is 0.182. The molecular weight excluding hydrogens is 210 g/mol. The third-order valence-electron chi connectivity index (χ3n) is 1.91. The van der Waals surface area contributed by atoms with E-state index in [9.17, 15) is 14.9 Å². The zero-order chi connectivity index (χ0) is 12.1. The number of nitrogens with zero attached hydrogens (tertiary/aromatic N) is 1. The molecule has 1 aromatic rings. The van der Waals surface area contributed by atoms with Crippen LogP contribution in [-0.4, -0.2) is 17.8 Å². The molecular formula is C11H11NO4. The van der Waals surface area contributed by atoms with Crippen molar-refractivity contribution >= 4 is 17.5 Å². The van der Waals surface area contributed by atoms with Crippen LogP contribution in [0, 0.1) is 10.1 Å². The highest BCUT2D eigenvalue weighted by atomic mass is 16.6. The number of rotatable bonds is 4. The number of methoxy groups -OCH3 is 1. The molecule has 1 rings (SSSR count). The van der Waals surface area contributed by atoms with Gasteiger partial charge in [0.2, 0.25) is 0 Å². The van der Waals surface area contributed by atoms with Crippen LogP contribution in [0.5, 0.6) is 5.75 Å². The quantitative estimate of drug-likeness (QED) is 0.444. The largest absolute Gasteiger partial charge is 0.490 e. The fourth-order valence-corrected chi connectivity index (χ4v) is 1.17. The third-order valence-corrected chi connectivity index (χ3v) is 1.91. The molecule has 0 unspecified atom stereocenters. The average molecular weight is 221 g/mol. The van der Waals surface area contributed by atoms with Crippen LogP contribution in [0.4, 0.5) is 5.69 Å². The molecule has 0 bridgehead atoms. The van der Waals surface area contributed by atoms with Crippen LogP contribution in [0.2, 0.25) is 0 Å². The molecule has 0 aliphatic heterocycles. The Labute approximate surface area is 92.5 Å². The van der Waals surface area contributed by atoms with E-state index in [0.29, 0.717) is 5.56 Å². The van der Waals surface area contributed by atoms with Crippen molar-refractivity contribution in [3.63, 3.8) is 0 Å². The molecule has 0 amide bonds. The van der Waals surface area contributed by atoms with Gasteiger partial charge in [-0.1, -0.05) is 12.1 Å². The van der Waals surface area contributed by atoms with Gasteiger partial charge in [0.25, 0.3) is 0 Å². The molecule has 84 valence electrons. The number of carbonyl (C=O) groups is 1. The zero-order valence-corrected chi connectivity index (χ0v) is 8.97. The number of benzene rings is 1. The smallest absolute Gasteiger partial charge is 0.311 e. The van der Waals surface area contributed by atoms with Crippen molar-refractivity contribution in [2.75, 3.05) is 7.11 Å². The van der Waals surface area contributed by atoms with Crippen LogP contribution in [0.25, 0.3) is 6.08 Å². The number of hydrogen-bond donors (Lipinski definition) is 0. The van der Waals surface area contributed by atoms with Crippen molar-refractivity contribution in [3.05, 3.63) is 40.0 Å². The summed E-state index contributed by atoms with van der Waals surface area (Å²) in [6, 6.07) is 4.50. The van der Waals surface area contributed by atoms with Crippen molar-refractivity contribution in [2.24, 2.45) is 0 Å². The minimum atomic E-state index is -0.524. The standard InChI is InChI=1S/C11H11NO4/c1-8(13)3-4-9-5-6-11(16-2)10(7-9)12(14)15/h3-7H,1-2H3/b4-3+. The number of nitro benzene ring substituents is 1. The Balaban J connectivity index is 3.12. The molecule has 0 spiro atoms. The lowest BCUT2D eigenvalue weighted by Gasteiger charge is -2.01. The molecule has 0 saturated heterocycles. The first-order valence-electron chi connectivity index (χ1n) is 4.55. The van der Waals surface area contributed by atoms with Gasteiger partial charge in [-0.3, -0.25) is 14.9 Å². The van der Waals surface area contributed by atoms with Crippen LogP contribution < -0.4 is 4.74 Å². The highest BCUT2D eigenvalue weighted by Gasteiger charge is 2.13. The van der Waals surface area contributed by atoms with Gasteiger partial charge in [0.05, 0.1) is 12.0 Å². The second kappa shape index (κ2) is 5.06. The maximum Gasteiger partial charge on any atom is 0.311 e. The van der Waals surface area contributed by atoms with Crippen molar-refractivity contribution in [3.8, 4) is 5.75 Å². The van der Waals surface area contributed by atoms with Crippen molar-refractivity contribution in [1.29, 1.82) is 0 Å². The molecule has 0 aliphatic rings. The van der Waals surface area contributed by atoms with Crippen LogP contribution in [0.3, 0.4) is 0 Å². The lowest BCUT2D eigenvalue weighted by molar-refractivity contribution is -0.385. The summed E-state index contributed by atoms with van der Waals surface area (Å²) in [6.45, 7) is 1.41. The summed E-state index contributed by atoms with van der Waals surface area (Å²) >= 11 is 0. The molecule has 0 aliphatic carbocycles. The predicted octanol–water partition coefficient (Wildman–Crippen LogP) is 2.21. The number of carbonyl (C=O) groups excluding carboxylic acids is 1. The SMILES string of the molecule is COc1ccc(/C=C/C(C)=O)cc1[N+](=O)[O-]. The Kier molecular flexibility index (Phi) is 3.77. The Morgan fingerprint density at radius 2 is 2.19 bits per heavy atom. The van der Waals surface area contributed by atoms with E-state index in [1.165, 1.54) is 38.3 Å². The number of ether oxygens (including phenoxy) is 1. The van der Waals surface area contributed by atoms with Crippen LogP contribution >= 0.6 is 0 Å². The van der Waals surface area contributed by atoms with Gasteiger partial charge in [0.1, 0.15) is 0 Å². The van der Waals surface area contributed by atoms with Crippen LogP contribution in [-0.2, 0) is 4.79 Å². The summed E-state index contributed by atoms with van der Waals surface area (Å²) in [7, 11) is 1.37. The average Bonchev–Trinajstić information content (AvgIpc) is 2.25. The van der Waals surface area contributed by atoms with Gasteiger partial charge >= 0.3 is 5.69 Å². The lowest BCUT2D eigenvalue weighted by Crippen LogP contribution is -1.94. The van der Waals surface area contributed by atoms with E-state index in [-0.39, 0.29) is 17.2 Å². The van der Waals surface area contributed by atoms with E-state index >= 15 is 0 Å². The van der Waals surface area contributed by atoms with E-state index < -0.39 is 4.92 Å². The Morgan fingerprint density at radius 3 is 2.69 bits per heavy atom. The predicted molar refractivity (Wildman–Crippen MR) is 59.4 cm³/mol. The number of nitro groups is 1. The summed E-state index contributed by atoms with van der Waals surface area (Å²) < 4.78 is 4.85. The fourth-order valence-electron chi connectivity index (χ4n) is 1.17. The van der Waals surface area contributed by atoms with Crippen molar-refractivity contribution in [2.45, 2.75) is 6.92 Å². The highest BCUT2D eigenvalue weighted by molar-refractivity contribution is 5.91. The zero-order valence-electron chi connectivity index (χ0n) is 8.97. The minimum absolute atomic E-state index is 0.113. The lowest BCUT2D eigenvalue weighted by atomic mass is 10.1. The molecule has 16 heavy (non-hydrogen) atoms. The van der Waals surface area contributed by atoms with Crippen LogP contribution in [0.1, 0.15) is 12.5 Å². The molecule has 0 radical (unpaired) electrons. The maximum absolute atomic E-state index is 10.7. The number of ketones is 1. The summed E-state index contributed by atoms with van der Waals surface area (Å²) in [5.41, 5.74) is 0.468. The summed E-state index contributed by atoms with van der Waals surface area (Å²) in [5, 5.41) is 10.7. The number of allylic oxidation sites excluding steroid dienone is 1. The van der Waals surface area contributed by atoms with Gasteiger partial charge < -0.3 is 4.74 Å². The maximum atomic E-state index is 10.7. The Bertz CT molecular complexity index is 451. The normalized spacial score (nSPS) is 10.4. The summed E-state index contributed by atoms with van der Waals surface area (Å²) in [4.78, 5) is 20.9. The first kappa shape index (κ1) is 11.9.